The van der Waals surface area contributed by atoms with Crippen molar-refractivity contribution in [2.45, 2.75) is 12.8 Å². The highest BCUT2D eigenvalue weighted by molar-refractivity contribution is 5.93. The van der Waals surface area contributed by atoms with Gasteiger partial charge in [0, 0.05) is 18.5 Å². The van der Waals surface area contributed by atoms with Crippen molar-refractivity contribution in [1.29, 1.82) is 0 Å². The highest BCUT2D eigenvalue weighted by Crippen LogP contribution is 2.13. The molecule has 6 heteroatoms. The van der Waals surface area contributed by atoms with E-state index in [0.29, 0.717) is 24.1 Å². The van der Waals surface area contributed by atoms with Crippen molar-refractivity contribution < 1.29 is 14.3 Å². The van der Waals surface area contributed by atoms with Crippen LogP contribution in [0.1, 0.15) is 22.6 Å². The molecule has 1 amide bonds. The molecule has 0 atom stereocenters. The zero-order valence-electron chi connectivity index (χ0n) is 13.2. The molecule has 1 aromatic heterocycles. The fourth-order valence-electron chi connectivity index (χ4n) is 2.39. The van der Waals surface area contributed by atoms with Gasteiger partial charge < -0.3 is 15.0 Å². The van der Waals surface area contributed by atoms with Crippen LogP contribution >= 0.6 is 0 Å². The van der Waals surface area contributed by atoms with Gasteiger partial charge >= 0.3 is 5.97 Å². The first-order chi connectivity index (χ1) is 11.7. The predicted molar refractivity (Wildman–Crippen MR) is 90.8 cm³/mol. The van der Waals surface area contributed by atoms with Crippen LogP contribution in [0.4, 0.5) is 5.69 Å². The van der Waals surface area contributed by atoms with E-state index in [1.807, 2.05) is 24.3 Å². The molecule has 3 rings (SSSR count). The predicted octanol–water partition coefficient (Wildman–Crippen LogP) is 2.92. The molecule has 0 radical (unpaired) electrons. The number of nitrogens with one attached hydrogen (secondary N) is 2. The summed E-state index contributed by atoms with van der Waals surface area (Å²) < 4.78 is 4.63. The van der Waals surface area contributed by atoms with Gasteiger partial charge in [0.2, 0.25) is 5.91 Å². The fourth-order valence-corrected chi connectivity index (χ4v) is 2.39. The number of nitrogens with zero attached hydrogens (tertiary/aromatic N) is 1. The van der Waals surface area contributed by atoms with Crippen molar-refractivity contribution in [2.24, 2.45) is 0 Å². The van der Waals surface area contributed by atoms with Crippen molar-refractivity contribution >= 4 is 28.6 Å². The third-order valence-electron chi connectivity index (χ3n) is 3.62. The number of para-hydroxylation sites is 2. The number of H-pyrrole nitrogens is 1. The lowest BCUT2D eigenvalue weighted by atomic mass is 10.2. The molecule has 24 heavy (non-hydrogen) atoms. The molecule has 2 N–H and O–H groups in total. The molecule has 0 aliphatic heterocycles. The Morgan fingerprint density at radius 2 is 1.88 bits per heavy atom. The standard InChI is InChI=1S/C18H17N3O3/c1-24-18(23)12-6-8-13(9-7-12)19-17(22)11-10-16-20-14-4-2-3-5-15(14)21-16/h2-9H,10-11H2,1H3,(H,19,22)(H,20,21). The maximum Gasteiger partial charge on any atom is 0.337 e. The third-order valence-corrected chi connectivity index (χ3v) is 3.62. The van der Waals surface area contributed by atoms with E-state index in [4.69, 9.17) is 0 Å². The van der Waals surface area contributed by atoms with Crippen LogP contribution in [0, 0.1) is 0 Å². The number of carbonyl (C=O) groups excluding carboxylic acids is 2. The highest BCUT2D eigenvalue weighted by Gasteiger charge is 2.08. The second-order valence-electron chi connectivity index (χ2n) is 5.32. The lowest BCUT2D eigenvalue weighted by Crippen LogP contribution is -2.13. The summed E-state index contributed by atoms with van der Waals surface area (Å²) in [5, 5.41) is 2.80. The molecule has 0 spiro atoms. The molecule has 2 aromatic carbocycles. The first kappa shape index (κ1) is 15.7. The number of esters is 1. The van der Waals surface area contributed by atoms with Gasteiger partial charge in [0.25, 0.3) is 0 Å². The average molecular weight is 323 g/mol. The fraction of sp³-hybridized carbons (Fsp3) is 0.167. The number of rotatable bonds is 5. The molecule has 0 saturated heterocycles. The van der Waals surface area contributed by atoms with Crippen molar-refractivity contribution in [3.8, 4) is 0 Å². The molecule has 0 fully saturated rings. The summed E-state index contributed by atoms with van der Waals surface area (Å²) in [4.78, 5) is 31.0. The Morgan fingerprint density at radius 3 is 2.58 bits per heavy atom. The minimum absolute atomic E-state index is 0.110. The Labute approximate surface area is 138 Å². The number of benzene rings is 2. The Bertz CT molecular complexity index is 836. The number of aromatic amines is 1. The number of methoxy groups -OCH3 is 1. The van der Waals surface area contributed by atoms with Crippen LogP contribution in [0.2, 0.25) is 0 Å². The van der Waals surface area contributed by atoms with E-state index in [1.54, 1.807) is 24.3 Å². The molecule has 0 bridgehead atoms. The molecule has 6 nitrogen and oxygen atoms in total. The summed E-state index contributed by atoms with van der Waals surface area (Å²) in [6, 6.07) is 14.3. The second kappa shape index (κ2) is 6.95. The largest absolute Gasteiger partial charge is 0.465 e. The summed E-state index contributed by atoms with van der Waals surface area (Å²) in [5.41, 5.74) is 2.94. The van der Waals surface area contributed by atoms with Gasteiger partial charge in [-0.2, -0.15) is 0 Å². The van der Waals surface area contributed by atoms with Crippen molar-refractivity contribution in [3.63, 3.8) is 0 Å². The Hall–Kier alpha value is -3.15. The number of hydrogen-bond acceptors (Lipinski definition) is 4. The van der Waals surface area contributed by atoms with Gasteiger partial charge in [0.05, 0.1) is 23.7 Å². The molecular weight excluding hydrogens is 306 g/mol. The summed E-state index contributed by atoms with van der Waals surface area (Å²) in [7, 11) is 1.33. The number of anilines is 1. The molecule has 0 saturated carbocycles. The number of fused-ring (bicyclic) bond motifs is 1. The second-order valence-corrected chi connectivity index (χ2v) is 5.32. The first-order valence-corrected chi connectivity index (χ1v) is 7.57. The van der Waals surface area contributed by atoms with Crippen LogP contribution in [0.25, 0.3) is 11.0 Å². The minimum Gasteiger partial charge on any atom is -0.465 e. The van der Waals surface area contributed by atoms with Crippen LogP contribution in [0.15, 0.2) is 48.5 Å². The Kier molecular flexibility index (Phi) is 4.56. The number of amides is 1. The van der Waals surface area contributed by atoms with Crippen molar-refractivity contribution in [3.05, 3.63) is 59.9 Å². The number of aromatic nitrogens is 2. The molecular formula is C18H17N3O3. The highest BCUT2D eigenvalue weighted by atomic mass is 16.5. The molecule has 0 aliphatic rings. The van der Waals surface area contributed by atoms with Crippen molar-refractivity contribution in [2.75, 3.05) is 12.4 Å². The van der Waals surface area contributed by atoms with Crippen LogP contribution in [-0.4, -0.2) is 29.0 Å². The summed E-state index contributed by atoms with van der Waals surface area (Å²) in [5.74, 6) is 0.270. The normalized spacial score (nSPS) is 10.5. The number of carbonyl (C=O) groups is 2. The molecule has 0 unspecified atom stereocenters. The van der Waals surface area contributed by atoms with Gasteiger partial charge in [-0.3, -0.25) is 4.79 Å². The number of ether oxygens (including phenoxy) is 1. The summed E-state index contributed by atoms with van der Waals surface area (Å²) >= 11 is 0. The zero-order valence-corrected chi connectivity index (χ0v) is 13.2. The summed E-state index contributed by atoms with van der Waals surface area (Å²) in [6.07, 6.45) is 0.847. The Balaban J connectivity index is 1.56. The number of aryl methyl sites for hydroxylation is 1. The van der Waals surface area contributed by atoms with Gasteiger partial charge in [0.1, 0.15) is 5.82 Å². The van der Waals surface area contributed by atoms with E-state index in [0.717, 1.165) is 16.9 Å². The monoisotopic (exact) mass is 323 g/mol. The van der Waals surface area contributed by atoms with Crippen molar-refractivity contribution in [1.82, 2.24) is 9.97 Å². The van der Waals surface area contributed by atoms with E-state index < -0.39 is 5.97 Å². The van der Waals surface area contributed by atoms with Gasteiger partial charge in [-0.25, -0.2) is 9.78 Å². The number of hydrogen-bond donors (Lipinski definition) is 2. The van der Waals surface area contributed by atoms with Gasteiger partial charge in [-0.15, -0.1) is 0 Å². The lowest BCUT2D eigenvalue weighted by molar-refractivity contribution is -0.116. The molecule has 0 aliphatic carbocycles. The minimum atomic E-state index is -0.405. The van der Waals surface area contributed by atoms with E-state index >= 15 is 0 Å². The molecule has 1 heterocycles. The SMILES string of the molecule is COC(=O)c1ccc(NC(=O)CCc2nc3ccccc3[nH]2)cc1. The van der Waals surface area contributed by atoms with E-state index in [9.17, 15) is 9.59 Å². The van der Waals surface area contributed by atoms with Gasteiger partial charge in [0.15, 0.2) is 0 Å². The molecule has 3 aromatic rings. The topological polar surface area (TPSA) is 84.1 Å². The van der Waals surface area contributed by atoms with E-state index in [-0.39, 0.29) is 5.91 Å². The maximum absolute atomic E-state index is 12.0. The van der Waals surface area contributed by atoms with Gasteiger partial charge in [-0.05, 0) is 36.4 Å². The third kappa shape index (κ3) is 3.60. The van der Waals surface area contributed by atoms with Crippen LogP contribution in [0.3, 0.4) is 0 Å². The van der Waals surface area contributed by atoms with E-state index in [2.05, 4.69) is 20.0 Å². The van der Waals surface area contributed by atoms with E-state index in [1.165, 1.54) is 7.11 Å². The van der Waals surface area contributed by atoms with Crippen LogP contribution in [-0.2, 0) is 16.0 Å². The summed E-state index contributed by atoms with van der Waals surface area (Å²) in [6.45, 7) is 0. The first-order valence-electron chi connectivity index (χ1n) is 7.57. The maximum atomic E-state index is 12.0. The zero-order chi connectivity index (χ0) is 16.9. The number of imidazole rings is 1. The van der Waals surface area contributed by atoms with Crippen LogP contribution in [0.5, 0.6) is 0 Å². The smallest absolute Gasteiger partial charge is 0.337 e. The van der Waals surface area contributed by atoms with Crippen LogP contribution < -0.4 is 5.32 Å². The average Bonchev–Trinajstić information content (AvgIpc) is 3.03. The molecule has 122 valence electrons. The quantitative estimate of drug-likeness (QED) is 0.707. The lowest BCUT2D eigenvalue weighted by Gasteiger charge is -2.05. The van der Waals surface area contributed by atoms with Gasteiger partial charge in [-0.1, -0.05) is 12.1 Å². The Morgan fingerprint density at radius 1 is 1.12 bits per heavy atom.